The van der Waals surface area contributed by atoms with Gasteiger partial charge in [0.25, 0.3) is 5.91 Å². The van der Waals surface area contributed by atoms with Crippen LogP contribution in [0.2, 0.25) is 0 Å². The molecule has 2 aromatic carbocycles. The number of nitrogens with zero attached hydrogens (tertiary/aromatic N) is 1. The third kappa shape index (κ3) is 3.64. The summed E-state index contributed by atoms with van der Waals surface area (Å²) in [6.45, 7) is 0. The first-order valence-corrected chi connectivity index (χ1v) is 6.49. The van der Waals surface area contributed by atoms with Crippen LogP contribution < -0.4 is 10.1 Å². The Morgan fingerprint density at radius 1 is 1.23 bits per heavy atom. The highest BCUT2D eigenvalue weighted by molar-refractivity contribution is 6.09. The highest BCUT2D eigenvalue weighted by atomic mass is 16.5. The fourth-order valence-electron chi connectivity index (χ4n) is 1.83. The molecule has 0 aliphatic rings. The summed E-state index contributed by atoms with van der Waals surface area (Å²) in [5, 5.41) is 21.0. The first kappa shape index (κ1) is 15.1. The lowest BCUT2D eigenvalue weighted by molar-refractivity contribution is -0.112. The molecule has 0 aliphatic heterocycles. The molecule has 22 heavy (non-hydrogen) atoms. The Morgan fingerprint density at radius 3 is 2.55 bits per heavy atom. The van der Waals surface area contributed by atoms with E-state index in [-0.39, 0.29) is 11.3 Å². The summed E-state index contributed by atoms with van der Waals surface area (Å²) in [5.41, 5.74) is 1.09. The van der Waals surface area contributed by atoms with Gasteiger partial charge in [-0.1, -0.05) is 18.2 Å². The third-order valence-electron chi connectivity index (χ3n) is 2.93. The molecule has 0 saturated heterocycles. The molecule has 0 unspecified atom stereocenters. The van der Waals surface area contributed by atoms with Crippen molar-refractivity contribution in [3.8, 4) is 17.6 Å². The second-order valence-electron chi connectivity index (χ2n) is 4.41. The molecular formula is C17H14N2O3. The number of aromatic hydroxyl groups is 1. The standard InChI is InChI=1S/C17H14N2O3/c1-22-16-5-3-2-4-12(16)10-13(11-18)17(21)19-14-6-8-15(20)9-7-14/h2-10,20H,1H3,(H,19,21). The monoisotopic (exact) mass is 294 g/mol. The van der Waals surface area contributed by atoms with Gasteiger partial charge in [-0.2, -0.15) is 5.26 Å². The van der Waals surface area contributed by atoms with Gasteiger partial charge in [0.2, 0.25) is 0 Å². The van der Waals surface area contributed by atoms with E-state index in [2.05, 4.69) is 5.32 Å². The van der Waals surface area contributed by atoms with Crippen LogP contribution in [0.15, 0.2) is 54.1 Å². The zero-order chi connectivity index (χ0) is 15.9. The number of hydrogen-bond acceptors (Lipinski definition) is 4. The molecule has 0 fully saturated rings. The Kier molecular flexibility index (Phi) is 4.78. The van der Waals surface area contributed by atoms with E-state index < -0.39 is 5.91 Å². The number of hydrogen-bond donors (Lipinski definition) is 2. The number of carbonyl (C=O) groups is 1. The minimum Gasteiger partial charge on any atom is -0.508 e. The summed E-state index contributed by atoms with van der Waals surface area (Å²) in [4.78, 5) is 12.1. The number of rotatable bonds is 4. The van der Waals surface area contributed by atoms with Crippen LogP contribution >= 0.6 is 0 Å². The molecule has 1 amide bonds. The molecule has 0 aromatic heterocycles. The number of nitriles is 1. The number of methoxy groups -OCH3 is 1. The van der Waals surface area contributed by atoms with Crippen LogP contribution in [0.3, 0.4) is 0 Å². The smallest absolute Gasteiger partial charge is 0.266 e. The Hall–Kier alpha value is -3.26. The van der Waals surface area contributed by atoms with Crippen LogP contribution in [0.25, 0.3) is 6.08 Å². The second kappa shape index (κ2) is 6.95. The van der Waals surface area contributed by atoms with Gasteiger partial charge in [0.15, 0.2) is 0 Å². The van der Waals surface area contributed by atoms with Gasteiger partial charge in [-0.05, 0) is 36.4 Å². The summed E-state index contributed by atoms with van der Waals surface area (Å²) < 4.78 is 5.19. The first-order valence-electron chi connectivity index (χ1n) is 6.49. The summed E-state index contributed by atoms with van der Waals surface area (Å²) in [5.74, 6) is 0.148. The van der Waals surface area contributed by atoms with Crippen LogP contribution in [-0.4, -0.2) is 18.1 Å². The molecule has 2 aromatic rings. The van der Waals surface area contributed by atoms with E-state index in [0.29, 0.717) is 17.0 Å². The fraction of sp³-hybridized carbons (Fsp3) is 0.0588. The molecule has 0 radical (unpaired) electrons. The molecular weight excluding hydrogens is 280 g/mol. The van der Waals surface area contributed by atoms with Crippen molar-refractivity contribution in [3.05, 3.63) is 59.7 Å². The minimum absolute atomic E-state index is 0.0439. The molecule has 0 atom stereocenters. The SMILES string of the molecule is COc1ccccc1C=C(C#N)C(=O)Nc1ccc(O)cc1. The summed E-state index contributed by atoms with van der Waals surface area (Å²) in [6, 6.07) is 15.0. The maximum atomic E-state index is 12.1. The molecule has 110 valence electrons. The molecule has 5 nitrogen and oxygen atoms in total. The average molecular weight is 294 g/mol. The minimum atomic E-state index is -0.529. The zero-order valence-corrected chi connectivity index (χ0v) is 11.9. The highest BCUT2D eigenvalue weighted by Gasteiger charge is 2.11. The van der Waals surface area contributed by atoms with E-state index in [9.17, 15) is 15.2 Å². The van der Waals surface area contributed by atoms with Gasteiger partial charge in [0, 0.05) is 11.3 Å². The van der Waals surface area contributed by atoms with Crippen molar-refractivity contribution in [2.45, 2.75) is 0 Å². The predicted octanol–water partition coefficient (Wildman–Crippen LogP) is 2.95. The number of phenols is 1. The van der Waals surface area contributed by atoms with Gasteiger partial charge < -0.3 is 15.2 Å². The van der Waals surface area contributed by atoms with Crippen LogP contribution in [0, 0.1) is 11.3 Å². The zero-order valence-electron chi connectivity index (χ0n) is 11.9. The van der Waals surface area contributed by atoms with Gasteiger partial charge in [-0.15, -0.1) is 0 Å². The van der Waals surface area contributed by atoms with Crippen molar-refractivity contribution in [1.82, 2.24) is 0 Å². The van der Waals surface area contributed by atoms with Crippen molar-refractivity contribution >= 4 is 17.7 Å². The van der Waals surface area contributed by atoms with Crippen LogP contribution in [0.5, 0.6) is 11.5 Å². The molecule has 0 bridgehead atoms. The summed E-state index contributed by atoms with van der Waals surface area (Å²) >= 11 is 0. The van der Waals surface area contributed by atoms with E-state index in [1.54, 1.807) is 36.4 Å². The highest BCUT2D eigenvalue weighted by Crippen LogP contribution is 2.21. The van der Waals surface area contributed by atoms with E-state index in [1.165, 1.54) is 25.3 Å². The third-order valence-corrected chi connectivity index (χ3v) is 2.93. The average Bonchev–Trinajstić information content (AvgIpc) is 2.55. The summed E-state index contributed by atoms with van der Waals surface area (Å²) in [6.07, 6.45) is 1.47. The van der Waals surface area contributed by atoms with Crippen molar-refractivity contribution in [2.75, 3.05) is 12.4 Å². The van der Waals surface area contributed by atoms with Crippen molar-refractivity contribution < 1.29 is 14.6 Å². The van der Waals surface area contributed by atoms with Crippen LogP contribution in [0.1, 0.15) is 5.56 Å². The van der Waals surface area contributed by atoms with Gasteiger partial charge >= 0.3 is 0 Å². The Bertz CT molecular complexity index is 743. The molecule has 0 spiro atoms. The number of para-hydroxylation sites is 1. The number of carbonyl (C=O) groups excluding carboxylic acids is 1. The Balaban J connectivity index is 2.24. The Morgan fingerprint density at radius 2 is 1.91 bits per heavy atom. The molecule has 0 saturated carbocycles. The normalized spacial score (nSPS) is 10.6. The maximum absolute atomic E-state index is 12.1. The largest absolute Gasteiger partial charge is 0.508 e. The van der Waals surface area contributed by atoms with Crippen LogP contribution in [-0.2, 0) is 4.79 Å². The van der Waals surface area contributed by atoms with Crippen molar-refractivity contribution in [1.29, 1.82) is 5.26 Å². The van der Waals surface area contributed by atoms with Crippen LogP contribution in [0.4, 0.5) is 5.69 Å². The molecule has 2 rings (SSSR count). The predicted molar refractivity (Wildman–Crippen MR) is 83.3 cm³/mol. The number of benzene rings is 2. The topological polar surface area (TPSA) is 82.3 Å². The fourth-order valence-corrected chi connectivity index (χ4v) is 1.83. The molecule has 0 heterocycles. The van der Waals surface area contributed by atoms with Crippen molar-refractivity contribution in [3.63, 3.8) is 0 Å². The van der Waals surface area contributed by atoms with E-state index >= 15 is 0 Å². The second-order valence-corrected chi connectivity index (χ2v) is 4.41. The Labute approximate surface area is 128 Å². The summed E-state index contributed by atoms with van der Waals surface area (Å²) in [7, 11) is 1.52. The number of phenolic OH excluding ortho intramolecular Hbond substituents is 1. The number of nitrogens with one attached hydrogen (secondary N) is 1. The maximum Gasteiger partial charge on any atom is 0.266 e. The quantitative estimate of drug-likeness (QED) is 0.516. The number of ether oxygens (including phenoxy) is 1. The molecule has 2 N–H and O–H groups in total. The first-order chi connectivity index (χ1) is 10.6. The number of anilines is 1. The lowest BCUT2D eigenvalue weighted by atomic mass is 10.1. The van der Waals surface area contributed by atoms with Gasteiger partial charge in [-0.3, -0.25) is 4.79 Å². The lowest BCUT2D eigenvalue weighted by Crippen LogP contribution is -2.13. The lowest BCUT2D eigenvalue weighted by Gasteiger charge is -2.06. The molecule has 0 aliphatic carbocycles. The van der Waals surface area contributed by atoms with Crippen molar-refractivity contribution in [2.24, 2.45) is 0 Å². The van der Waals surface area contributed by atoms with E-state index in [4.69, 9.17) is 4.74 Å². The van der Waals surface area contributed by atoms with Gasteiger partial charge in [-0.25, -0.2) is 0 Å². The van der Waals surface area contributed by atoms with Gasteiger partial charge in [0.1, 0.15) is 23.1 Å². The molecule has 5 heteroatoms. The van der Waals surface area contributed by atoms with E-state index in [1.807, 2.05) is 6.07 Å². The van der Waals surface area contributed by atoms with Gasteiger partial charge in [0.05, 0.1) is 7.11 Å². The number of amides is 1. The van der Waals surface area contributed by atoms with E-state index in [0.717, 1.165) is 0 Å².